The summed E-state index contributed by atoms with van der Waals surface area (Å²) in [5.41, 5.74) is 3.42. The molecule has 0 saturated carbocycles. The van der Waals surface area contributed by atoms with Crippen molar-refractivity contribution in [3.05, 3.63) is 125 Å². The van der Waals surface area contributed by atoms with Gasteiger partial charge in [0.2, 0.25) is 5.91 Å². The van der Waals surface area contributed by atoms with Gasteiger partial charge in [-0.15, -0.1) is 0 Å². The molecule has 1 fully saturated rings. The average Bonchev–Trinajstić information content (AvgIpc) is 3.12. The summed E-state index contributed by atoms with van der Waals surface area (Å²) in [6.07, 6.45) is 3.13. The van der Waals surface area contributed by atoms with Gasteiger partial charge in [0, 0.05) is 44.7 Å². The van der Waals surface area contributed by atoms with Crippen LogP contribution in [-0.2, 0) is 17.9 Å². The van der Waals surface area contributed by atoms with Gasteiger partial charge in [-0.05, 0) is 73.8 Å². The number of carbonyl (C=O) groups excluding carboxylic acids is 3. The van der Waals surface area contributed by atoms with Gasteiger partial charge < -0.3 is 29.9 Å². The minimum absolute atomic E-state index is 0.237. The van der Waals surface area contributed by atoms with Gasteiger partial charge in [0.25, 0.3) is 11.8 Å². The molecule has 5 rings (SSSR count). The summed E-state index contributed by atoms with van der Waals surface area (Å²) < 4.78 is 11.9. The number of carbonyl (C=O) groups is 3. The Morgan fingerprint density at radius 2 is 1.35 bits per heavy atom. The van der Waals surface area contributed by atoms with E-state index in [1.165, 1.54) is 0 Å². The Hall–Kier alpha value is -5.15. The van der Waals surface area contributed by atoms with Crippen LogP contribution >= 0.6 is 0 Å². The molecule has 1 aliphatic rings. The second kappa shape index (κ2) is 17.7. The zero-order chi connectivity index (χ0) is 33.6. The van der Waals surface area contributed by atoms with E-state index in [1.807, 2.05) is 77.7 Å². The van der Waals surface area contributed by atoms with E-state index in [9.17, 15) is 14.4 Å². The van der Waals surface area contributed by atoms with Crippen LogP contribution in [0.3, 0.4) is 0 Å². The fourth-order valence-electron chi connectivity index (χ4n) is 5.41. The summed E-state index contributed by atoms with van der Waals surface area (Å²) >= 11 is 0. The van der Waals surface area contributed by atoms with Crippen molar-refractivity contribution in [2.75, 3.05) is 45.2 Å². The van der Waals surface area contributed by atoms with Gasteiger partial charge in [0.1, 0.15) is 18.1 Å². The number of rotatable bonds is 15. The van der Waals surface area contributed by atoms with Gasteiger partial charge in [0.15, 0.2) is 0 Å². The van der Waals surface area contributed by atoms with E-state index in [-0.39, 0.29) is 17.7 Å². The number of hydrogen-bond acceptors (Lipinski definition) is 6. The number of amides is 3. The summed E-state index contributed by atoms with van der Waals surface area (Å²) in [4.78, 5) is 42.7. The van der Waals surface area contributed by atoms with Crippen molar-refractivity contribution in [1.29, 1.82) is 0 Å². The van der Waals surface area contributed by atoms with Crippen LogP contribution in [0.15, 0.2) is 103 Å². The highest BCUT2D eigenvalue weighted by atomic mass is 16.5. The lowest BCUT2D eigenvalue weighted by Gasteiger charge is -2.32. The van der Waals surface area contributed by atoms with Crippen molar-refractivity contribution in [3.63, 3.8) is 0 Å². The summed E-state index contributed by atoms with van der Waals surface area (Å²) in [6, 6.07) is 31.5. The Kier molecular flexibility index (Phi) is 12.6. The molecular weight excluding hydrogens is 604 g/mol. The number of likely N-dealkylation sites (N-methyl/N-ethyl adjacent to an activating group) is 1. The quantitative estimate of drug-likeness (QED) is 0.150. The zero-order valence-corrected chi connectivity index (χ0v) is 27.5. The first-order valence-electron chi connectivity index (χ1n) is 16.6. The number of unbranched alkanes of at least 4 members (excludes halogenated alkanes) is 2. The molecule has 9 nitrogen and oxygen atoms in total. The van der Waals surface area contributed by atoms with E-state index < -0.39 is 0 Å². The minimum Gasteiger partial charge on any atom is -0.491 e. The number of benzene rings is 4. The average molecular weight is 649 g/mol. The summed E-state index contributed by atoms with van der Waals surface area (Å²) in [5, 5.41) is 5.90. The monoisotopic (exact) mass is 648 g/mol. The number of piperazine rings is 1. The van der Waals surface area contributed by atoms with Crippen LogP contribution in [-0.4, -0.2) is 67.4 Å². The maximum Gasteiger partial charge on any atom is 0.255 e. The van der Waals surface area contributed by atoms with Gasteiger partial charge in [-0.2, -0.15) is 0 Å². The molecular formula is C39H44N4O5. The van der Waals surface area contributed by atoms with E-state index in [0.717, 1.165) is 56.6 Å². The van der Waals surface area contributed by atoms with Gasteiger partial charge in [-0.25, -0.2) is 0 Å². The SMILES string of the molecule is CN1CCN(C(=O)CCCCCOc2ccccc2NC(=O)c2ccc(CNC(=O)c3ccccc3OCc3ccccc3)cc2)CC1. The third kappa shape index (κ3) is 10.2. The summed E-state index contributed by atoms with van der Waals surface area (Å²) in [7, 11) is 2.08. The molecule has 2 N–H and O–H groups in total. The summed E-state index contributed by atoms with van der Waals surface area (Å²) in [5.74, 6) is 0.862. The lowest BCUT2D eigenvalue weighted by Crippen LogP contribution is -2.47. The molecule has 0 unspecified atom stereocenters. The van der Waals surface area contributed by atoms with Crippen molar-refractivity contribution < 1.29 is 23.9 Å². The smallest absolute Gasteiger partial charge is 0.255 e. The Balaban J connectivity index is 1.05. The van der Waals surface area contributed by atoms with Gasteiger partial charge >= 0.3 is 0 Å². The van der Waals surface area contributed by atoms with Gasteiger partial charge in [-0.3, -0.25) is 14.4 Å². The molecule has 0 spiro atoms. The number of anilines is 1. The Morgan fingerprint density at radius 1 is 0.667 bits per heavy atom. The third-order valence-corrected chi connectivity index (χ3v) is 8.32. The molecule has 1 aliphatic heterocycles. The molecule has 0 aromatic heterocycles. The number of hydrogen-bond donors (Lipinski definition) is 2. The highest BCUT2D eigenvalue weighted by Gasteiger charge is 2.18. The van der Waals surface area contributed by atoms with Crippen molar-refractivity contribution in [1.82, 2.24) is 15.1 Å². The normalized spacial score (nSPS) is 13.1. The Labute approximate surface area is 282 Å². The molecule has 3 amide bonds. The largest absolute Gasteiger partial charge is 0.491 e. The number of ether oxygens (including phenoxy) is 2. The van der Waals surface area contributed by atoms with Crippen molar-refractivity contribution in [3.8, 4) is 11.5 Å². The zero-order valence-electron chi connectivity index (χ0n) is 27.5. The van der Waals surface area contributed by atoms with Crippen molar-refractivity contribution >= 4 is 23.4 Å². The third-order valence-electron chi connectivity index (χ3n) is 8.32. The fraction of sp³-hybridized carbons (Fsp3) is 0.308. The van der Waals surface area contributed by atoms with Crippen LogP contribution < -0.4 is 20.1 Å². The van der Waals surface area contributed by atoms with Gasteiger partial charge in [-0.1, -0.05) is 66.7 Å². The fourth-order valence-corrected chi connectivity index (χ4v) is 5.41. The molecule has 0 atom stereocenters. The van der Waals surface area contributed by atoms with Crippen LogP contribution in [0.2, 0.25) is 0 Å². The maximum absolute atomic E-state index is 13.1. The molecule has 250 valence electrons. The summed E-state index contributed by atoms with van der Waals surface area (Å²) in [6.45, 7) is 4.66. The number of para-hydroxylation sites is 3. The molecule has 1 saturated heterocycles. The second-order valence-corrected chi connectivity index (χ2v) is 11.9. The minimum atomic E-state index is -0.256. The van der Waals surface area contributed by atoms with E-state index in [2.05, 4.69) is 22.6 Å². The molecule has 48 heavy (non-hydrogen) atoms. The van der Waals surface area contributed by atoms with Crippen LogP contribution in [0.4, 0.5) is 5.69 Å². The predicted octanol–water partition coefficient (Wildman–Crippen LogP) is 6.16. The van der Waals surface area contributed by atoms with Crippen LogP contribution in [0.5, 0.6) is 11.5 Å². The molecule has 4 aromatic carbocycles. The molecule has 0 aliphatic carbocycles. The van der Waals surface area contributed by atoms with Crippen molar-refractivity contribution in [2.45, 2.75) is 38.8 Å². The van der Waals surface area contributed by atoms with E-state index in [0.29, 0.717) is 54.5 Å². The standard InChI is InChI=1S/C39H44N4O5/c1-42-23-25-43(26-24-42)37(44)18-6-3-11-27-47-36-17-10-8-15-34(36)41-38(45)32-21-19-30(20-22-32)28-40-39(46)33-14-7-9-16-35(33)48-29-31-12-4-2-5-13-31/h2,4-5,7-10,12-17,19-22H,3,6,11,18,23-29H2,1H3,(H,40,46)(H,41,45). The molecule has 0 bridgehead atoms. The van der Waals surface area contributed by atoms with Gasteiger partial charge in [0.05, 0.1) is 17.9 Å². The van der Waals surface area contributed by atoms with E-state index in [4.69, 9.17) is 9.47 Å². The van der Waals surface area contributed by atoms with Crippen LogP contribution in [0, 0.1) is 0 Å². The molecule has 0 radical (unpaired) electrons. The first-order chi connectivity index (χ1) is 23.5. The predicted molar refractivity (Wildman–Crippen MR) is 187 cm³/mol. The van der Waals surface area contributed by atoms with E-state index >= 15 is 0 Å². The van der Waals surface area contributed by atoms with Crippen LogP contribution in [0.1, 0.15) is 57.5 Å². The highest BCUT2D eigenvalue weighted by molar-refractivity contribution is 6.05. The first-order valence-corrected chi connectivity index (χ1v) is 16.6. The highest BCUT2D eigenvalue weighted by Crippen LogP contribution is 2.25. The first kappa shape index (κ1) is 34.2. The lowest BCUT2D eigenvalue weighted by atomic mass is 10.1. The number of nitrogens with zero attached hydrogens (tertiary/aromatic N) is 2. The molecule has 9 heteroatoms. The number of nitrogens with one attached hydrogen (secondary N) is 2. The van der Waals surface area contributed by atoms with Crippen molar-refractivity contribution in [2.24, 2.45) is 0 Å². The van der Waals surface area contributed by atoms with E-state index in [1.54, 1.807) is 30.3 Å². The lowest BCUT2D eigenvalue weighted by molar-refractivity contribution is -0.132. The molecule has 4 aromatic rings. The Bertz CT molecular complexity index is 1640. The Morgan fingerprint density at radius 3 is 2.12 bits per heavy atom. The second-order valence-electron chi connectivity index (χ2n) is 11.9. The molecule has 1 heterocycles. The van der Waals surface area contributed by atoms with Crippen LogP contribution in [0.25, 0.3) is 0 Å². The topological polar surface area (TPSA) is 100 Å². The maximum atomic E-state index is 13.1.